The number of para-hydroxylation sites is 1. The van der Waals surface area contributed by atoms with Crippen molar-refractivity contribution >= 4 is 34.8 Å². The molecule has 2 aromatic carbocycles. The molecule has 0 unspecified atom stereocenters. The smallest absolute Gasteiger partial charge is 0.387 e. The normalized spacial score (nSPS) is 11.0. The number of rotatable bonds is 9. The number of hydrogen-bond donors (Lipinski definition) is 1. The van der Waals surface area contributed by atoms with E-state index in [0.29, 0.717) is 28.8 Å². The largest absolute Gasteiger partial charge is 0.493 e. The van der Waals surface area contributed by atoms with E-state index in [1.165, 1.54) is 13.2 Å². The lowest BCUT2D eigenvalue weighted by Crippen LogP contribution is -2.24. The van der Waals surface area contributed by atoms with E-state index in [2.05, 4.69) is 10.1 Å². The van der Waals surface area contributed by atoms with Crippen LogP contribution in [-0.4, -0.2) is 38.1 Å². The summed E-state index contributed by atoms with van der Waals surface area (Å²) in [4.78, 5) is 14.0. The molecule has 0 aliphatic carbocycles. The molecule has 0 heterocycles. The van der Waals surface area contributed by atoms with Crippen LogP contribution in [0.1, 0.15) is 12.0 Å². The minimum Gasteiger partial charge on any atom is -0.493 e. The zero-order valence-corrected chi connectivity index (χ0v) is 16.9. The Labute approximate surface area is 172 Å². The molecule has 0 spiro atoms. The number of nitrogens with one attached hydrogen (secondary N) is 1. The quantitative estimate of drug-likeness (QED) is 0.601. The van der Waals surface area contributed by atoms with E-state index in [1.54, 1.807) is 30.3 Å². The van der Waals surface area contributed by atoms with Crippen molar-refractivity contribution in [2.75, 3.05) is 26.0 Å². The van der Waals surface area contributed by atoms with Crippen LogP contribution in [0, 0.1) is 0 Å². The van der Waals surface area contributed by atoms with Crippen LogP contribution in [0.3, 0.4) is 0 Å². The maximum atomic E-state index is 12.5. The lowest BCUT2D eigenvalue weighted by atomic mass is 10.2. The minimum atomic E-state index is -2.94. The summed E-state index contributed by atoms with van der Waals surface area (Å²) in [6.45, 7) is -2.07. The number of carbonyl (C=O) groups excluding carboxylic acids is 1. The van der Waals surface area contributed by atoms with Crippen molar-refractivity contribution in [2.24, 2.45) is 0 Å². The van der Waals surface area contributed by atoms with E-state index >= 15 is 0 Å². The molecule has 0 fully saturated rings. The number of ether oxygens (including phenoxy) is 2. The van der Waals surface area contributed by atoms with Crippen molar-refractivity contribution < 1.29 is 23.0 Å². The molecule has 0 bridgehead atoms. The standard InChI is InChI=1S/C19H20Cl2F2N2O3/c1-25(9-8-17(26)24-18-13(20)4-3-5-14(18)21)11-12-6-7-15(27-2)16(10-12)28-19(22)23/h3-7,10,19H,8-9,11H2,1-2H3,(H,24,26). The molecular formula is C19H20Cl2F2N2O3. The molecule has 0 atom stereocenters. The van der Waals surface area contributed by atoms with E-state index in [0.717, 1.165) is 5.56 Å². The molecule has 1 amide bonds. The van der Waals surface area contributed by atoms with Gasteiger partial charge in [0.25, 0.3) is 0 Å². The number of hydrogen-bond acceptors (Lipinski definition) is 4. The van der Waals surface area contributed by atoms with Crippen molar-refractivity contribution in [1.29, 1.82) is 0 Å². The zero-order chi connectivity index (χ0) is 20.7. The highest BCUT2D eigenvalue weighted by Gasteiger charge is 2.13. The van der Waals surface area contributed by atoms with Gasteiger partial charge in [-0.3, -0.25) is 4.79 Å². The topological polar surface area (TPSA) is 50.8 Å². The SMILES string of the molecule is COc1ccc(CN(C)CCC(=O)Nc2c(Cl)cccc2Cl)cc1OC(F)F. The number of carbonyl (C=O) groups is 1. The number of nitrogens with zero attached hydrogens (tertiary/aromatic N) is 1. The van der Waals surface area contributed by atoms with Gasteiger partial charge in [-0.1, -0.05) is 35.3 Å². The van der Waals surface area contributed by atoms with Crippen LogP contribution in [0.5, 0.6) is 11.5 Å². The second-order valence-electron chi connectivity index (χ2n) is 6.00. The third kappa shape index (κ3) is 6.51. The van der Waals surface area contributed by atoms with E-state index in [4.69, 9.17) is 27.9 Å². The molecule has 2 rings (SSSR count). The Morgan fingerprint density at radius 3 is 2.46 bits per heavy atom. The summed E-state index contributed by atoms with van der Waals surface area (Å²) in [5.41, 5.74) is 1.12. The van der Waals surface area contributed by atoms with E-state index in [-0.39, 0.29) is 23.8 Å². The van der Waals surface area contributed by atoms with Gasteiger partial charge in [-0.05, 0) is 36.9 Å². The molecular weight excluding hydrogens is 413 g/mol. The summed E-state index contributed by atoms with van der Waals surface area (Å²) >= 11 is 12.1. The Balaban J connectivity index is 1.91. The maximum absolute atomic E-state index is 12.5. The fourth-order valence-electron chi connectivity index (χ4n) is 2.51. The number of halogens is 4. The van der Waals surface area contributed by atoms with Gasteiger partial charge in [0.1, 0.15) is 0 Å². The van der Waals surface area contributed by atoms with Crippen molar-refractivity contribution in [3.63, 3.8) is 0 Å². The number of methoxy groups -OCH3 is 1. The first-order chi connectivity index (χ1) is 13.3. The number of amides is 1. The van der Waals surface area contributed by atoms with Gasteiger partial charge in [-0.25, -0.2) is 0 Å². The van der Waals surface area contributed by atoms with Gasteiger partial charge in [0.05, 0.1) is 22.8 Å². The summed E-state index contributed by atoms with van der Waals surface area (Å²) in [5.74, 6) is -0.0458. The van der Waals surface area contributed by atoms with E-state index < -0.39 is 6.61 Å². The van der Waals surface area contributed by atoms with Crippen molar-refractivity contribution in [1.82, 2.24) is 4.90 Å². The van der Waals surface area contributed by atoms with Crippen molar-refractivity contribution in [2.45, 2.75) is 19.6 Å². The third-order valence-corrected chi connectivity index (χ3v) is 4.47. The molecule has 9 heteroatoms. The fraction of sp³-hybridized carbons (Fsp3) is 0.316. The van der Waals surface area contributed by atoms with Crippen LogP contribution in [0.4, 0.5) is 14.5 Å². The Morgan fingerprint density at radius 1 is 1.18 bits per heavy atom. The zero-order valence-electron chi connectivity index (χ0n) is 15.3. The first-order valence-electron chi connectivity index (χ1n) is 8.34. The molecule has 0 saturated carbocycles. The predicted molar refractivity (Wildman–Crippen MR) is 106 cm³/mol. The summed E-state index contributed by atoms with van der Waals surface area (Å²) in [6.07, 6.45) is 0.203. The number of alkyl halides is 2. The van der Waals surface area contributed by atoms with E-state index in [9.17, 15) is 13.6 Å². The van der Waals surface area contributed by atoms with Crippen LogP contribution in [0.25, 0.3) is 0 Å². The minimum absolute atomic E-state index is 0.0329. The van der Waals surface area contributed by atoms with Gasteiger partial charge < -0.3 is 19.7 Å². The van der Waals surface area contributed by atoms with Gasteiger partial charge in [-0.15, -0.1) is 0 Å². The van der Waals surface area contributed by atoms with Gasteiger partial charge in [0, 0.05) is 19.5 Å². The Bertz CT molecular complexity index is 802. The Hall–Kier alpha value is -2.09. The average Bonchev–Trinajstić information content (AvgIpc) is 2.63. The van der Waals surface area contributed by atoms with Gasteiger partial charge in [0.15, 0.2) is 11.5 Å². The van der Waals surface area contributed by atoms with Crippen LogP contribution >= 0.6 is 23.2 Å². The molecule has 28 heavy (non-hydrogen) atoms. The van der Waals surface area contributed by atoms with Crippen molar-refractivity contribution in [3.8, 4) is 11.5 Å². The lowest BCUT2D eigenvalue weighted by Gasteiger charge is -2.18. The van der Waals surface area contributed by atoms with Crippen molar-refractivity contribution in [3.05, 3.63) is 52.0 Å². The summed E-state index contributed by atoms with van der Waals surface area (Å²) < 4.78 is 34.5. The number of anilines is 1. The summed E-state index contributed by atoms with van der Waals surface area (Å²) in [7, 11) is 3.19. The molecule has 0 aromatic heterocycles. The van der Waals surface area contributed by atoms with Gasteiger partial charge in [-0.2, -0.15) is 8.78 Å². The molecule has 152 valence electrons. The monoisotopic (exact) mass is 432 g/mol. The Morgan fingerprint density at radius 2 is 1.86 bits per heavy atom. The summed E-state index contributed by atoms with van der Waals surface area (Å²) in [5, 5.41) is 3.41. The first-order valence-corrected chi connectivity index (χ1v) is 9.10. The van der Waals surface area contributed by atoms with Gasteiger partial charge in [0.2, 0.25) is 5.91 Å². The maximum Gasteiger partial charge on any atom is 0.387 e. The molecule has 0 radical (unpaired) electrons. The third-order valence-electron chi connectivity index (χ3n) is 3.84. The van der Waals surface area contributed by atoms with Gasteiger partial charge >= 0.3 is 6.61 Å². The second kappa shape index (κ2) is 10.5. The highest BCUT2D eigenvalue weighted by atomic mass is 35.5. The van der Waals surface area contributed by atoms with E-state index in [1.807, 2.05) is 11.9 Å². The second-order valence-corrected chi connectivity index (χ2v) is 6.81. The molecule has 1 N–H and O–H groups in total. The highest BCUT2D eigenvalue weighted by Crippen LogP contribution is 2.31. The predicted octanol–water partition coefficient (Wildman–Crippen LogP) is 5.06. The molecule has 0 aliphatic heterocycles. The average molecular weight is 433 g/mol. The Kier molecular flexibility index (Phi) is 8.29. The molecule has 0 aliphatic rings. The summed E-state index contributed by atoms with van der Waals surface area (Å²) in [6, 6.07) is 9.76. The van der Waals surface area contributed by atoms with Crippen LogP contribution in [0.15, 0.2) is 36.4 Å². The van der Waals surface area contributed by atoms with Crippen LogP contribution in [-0.2, 0) is 11.3 Å². The molecule has 0 saturated heterocycles. The van der Waals surface area contributed by atoms with Crippen LogP contribution < -0.4 is 14.8 Å². The molecule has 5 nitrogen and oxygen atoms in total. The fourth-order valence-corrected chi connectivity index (χ4v) is 3.00. The molecule has 2 aromatic rings. The first kappa shape index (κ1) is 22.2. The van der Waals surface area contributed by atoms with Crippen LogP contribution in [0.2, 0.25) is 10.0 Å². The highest BCUT2D eigenvalue weighted by molar-refractivity contribution is 6.39. The lowest BCUT2D eigenvalue weighted by molar-refractivity contribution is -0.116. The number of benzene rings is 2.